The van der Waals surface area contributed by atoms with Gasteiger partial charge in [0.15, 0.2) is 0 Å². The minimum atomic E-state index is -4.05. The van der Waals surface area contributed by atoms with Crippen LogP contribution in [0.4, 0.5) is 11.4 Å². The Kier molecular flexibility index (Phi) is 10.3. The molecule has 4 N–H and O–H groups in total. The zero-order valence-electron chi connectivity index (χ0n) is 26.3. The number of methoxy groups -OCH3 is 1. The third kappa shape index (κ3) is 8.31. The smallest absolute Gasteiger partial charge is 0.339 e. The number of rotatable bonds is 13. The molecule has 0 unspecified atom stereocenters. The van der Waals surface area contributed by atoms with Crippen LogP contribution in [0.3, 0.4) is 0 Å². The Labute approximate surface area is 278 Å². The molecule has 0 radical (unpaired) electrons. The monoisotopic (exact) mass is 666 g/mol. The molecule has 0 spiro atoms. The molecule has 0 saturated carbocycles. The van der Waals surface area contributed by atoms with Crippen molar-refractivity contribution in [1.82, 2.24) is 0 Å². The summed E-state index contributed by atoms with van der Waals surface area (Å²) < 4.78 is 39.5. The highest BCUT2D eigenvalue weighted by Crippen LogP contribution is 2.27. The molecule has 5 rings (SSSR count). The van der Waals surface area contributed by atoms with Crippen molar-refractivity contribution in [2.24, 2.45) is 0 Å². The van der Waals surface area contributed by atoms with Gasteiger partial charge in [0, 0.05) is 16.9 Å². The van der Waals surface area contributed by atoms with Crippen molar-refractivity contribution in [1.29, 1.82) is 0 Å². The Hall–Kier alpha value is -5.81. The minimum Gasteiger partial charge on any atom is -0.508 e. The number of ether oxygens (including phenoxy) is 2. The largest absolute Gasteiger partial charge is 0.508 e. The van der Waals surface area contributed by atoms with E-state index in [1.165, 1.54) is 19.2 Å². The number of carbonyl (C=O) groups is 2. The van der Waals surface area contributed by atoms with Gasteiger partial charge in [0.05, 0.1) is 18.6 Å². The van der Waals surface area contributed by atoms with Crippen molar-refractivity contribution in [3.63, 3.8) is 0 Å². The predicted molar refractivity (Wildman–Crippen MR) is 184 cm³/mol. The van der Waals surface area contributed by atoms with Gasteiger partial charge in [-0.05, 0) is 115 Å². The van der Waals surface area contributed by atoms with Crippen molar-refractivity contribution < 1.29 is 37.7 Å². The van der Waals surface area contributed by atoms with E-state index in [-0.39, 0.29) is 27.9 Å². The molecule has 5 aromatic carbocycles. The molecule has 11 heteroatoms. The second-order valence-corrected chi connectivity index (χ2v) is 12.7. The van der Waals surface area contributed by atoms with Gasteiger partial charge < -0.3 is 25.0 Å². The van der Waals surface area contributed by atoms with Crippen molar-refractivity contribution in [2.45, 2.75) is 24.7 Å². The van der Waals surface area contributed by atoms with Crippen LogP contribution in [0.2, 0.25) is 0 Å². The number of phenolic OH excluding ortho intramolecular Hbond substituents is 1. The summed E-state index contributed by atoms with van der Waals surface area (Å²) in [5, 5.41) is 21.9. The SMILES string of the molecule is COc1ccc(S(=O)(=O)Nc2cccc(CCCOc3ccc(NC(=O)c4cccc(-c5ccc(O)cc5)c4)cc3C)c2)cc1C(=O)O. The Balaban J connectivity index is 1.14. The van der Waals surface area contributed by atoms with Crippen molar-refractivity contribution in [3.8, 4) is 28.4 Å². The molecule has 1 amide bonds. The van der Waals surface area contributed by atoms with Crippen LogP contribution in [-0.4, -0.2) is 44.2 Å². The highest BCUT2D eigenvalue weighted by atomic mass is 32.2. The lowest BCUT2D eigenvalue weighted by atomic mass is 10.0. The summed E-state index contributed by atoms with van der Waals surface area (Å²) >= 11 is 0. The van der Waals surface area contributed by atoms with Gasteiger partial charge in [-0.15, -0.1) is 0 Å². The first kappa shape index (κ1) is 33.6. The normalized spacial score (nSPS) is 11.0. The van der Waals surface area contributed by atoms with Gasteiger partial charge in [-0.3, -0.25) is 9.52 Å². The average Bonchev–Trinajstić information content (AvgIpc) is 3.07. The van der Waals surface area contributed by atoms with Crippen LogP contribution in [0.25, 0.3) is 11.1 Å². The molecular formula is C37H34N2O8S. The molecule has 0 aliphatic carbocycles. The summed E-state index contributed by atoms with van der Waals surface area (Å²) in [6.07, 6.45) is 1.28. The zero-order valence-corrected chi connectivity index (χ0v) is 27.1. The molecule has 0 fully saturated rings. The quantitative estimate of drug-likeness (QED) is 0.0969. The molecule has 0 aliphatic heterocycles. The molecular weight excluding hydrogens is 632 g/mol. The maximum atomic E-state index is 13.0. The Morgan fingerprint density at radius 3 is 2.27 bits per heavy atom. The molecule has 5 aromatic rings. The standard InChI is InChI=1S/C37H34N2O8S/c1-24-20-29(38-36(41)28-9-4-8-27(22-28)26-11-14-31(40)15-12-26)13-17-34(24)47-19-5-7-25-6-3-10-30(21-25)39-48(44,45)32-16-18-35(46-2)33(23-32)37(42)43/h3-4,6,8-18,20-23,39-40H,5,7,19H2,1-2H3,(H,38,41)(H,42,43). The number of carboxylic acids is 1. The maximum Gasteiger partial charge on any atom is 0.339 e. The summed E-state index contributed by atoms with van der Waals surface area (Å²) in [5.74, 6) is -0.619. The lowest BCUT2D eigenvalue weighted by Crippen LogP contribution is -2.14. The number of nitrogens with one attached hydrogen (secondary N) is 2. The first-order chi connectivity index (χ1) is 23.0. The summed E-state index contributed by atoms with van der Waals surface area (Å²) in [5.41, 5.74) is 4.73. The maximum absolute atomic E-state index is 13.0. The predicted octanol–water partition coefficient (Wildman–Crippen LogP) is 7.14. The van der Waals surface area contributed by atoms with Gasteiger partial charge in [0.1, 0.15) is 22.8 Å². The van der Waals surface area contributed by atoms with E-state index in [4.69, 9.17) is 9.47 Å². The van der Waals surface area contributed by atoms with E-state index in [1.807, 2.05) is 37.3 Å². The number of aryl methyl sites for hydroxylation is 2. The number of aromatic carboxylic acids is 1. The first-order valence-electron chi connectivity index (χ1n) is 15.0. The van der Waals surface area contributed by atoms with E-state index in [9.17, 15) is 28.2 Å². The van der Waals surface area contributed by atoms with Crippen molar-refractivity contribution in [3.05, 3.63) is 131 Å². The number of amides is 1. The van der Waals surface area contributed by atoms with Crippen LogP contribution in [0, 0.1) is 6.92 Å². The molecule has 0 heterocycles. The third-order valence-electron chi connectivity index (χ3n) is 7.52. The van der Waals surface area contributed by atoms with E-state index in [2.05, 4.69) is 10.0 Å². The molecule has 48 heavy (non-hydrogen) atoms. The summed E-state index contributed by atoms with van der Waals surface area (Å²) in [4.78, 5) is 24.3. The van der Waals surface area contributed by atoms with E-state index < -0.39 is 16.0 Å². The van der Waals surface area contributed by atoms with Gasteiger partial charge in [0.25, 0.3) is 15.9 Å². The molecule has 10 nitrogen and oxygen atoms in total. The van der Waals surface area contributed by atoms with E-state index in [0.717, 1.165) is 28.3 Å². The van der Waals surface area contributed by atoms with Gasteiger partial charge >= 0.3 is 5.97 Å². The number of anilines is 2. The lowest BCUT2D eigenvalue weighted by molar-refractivity contribution is 0.0692. The average molecular weight is 667 g/mol. The van der Waals surface area contributed by atoms with Gasteiger partial charge in [-0.2, -0.15) is 0 Å². The van der Waals surface area contributed by atoms with Crippen LogP contribution in [-0.2, 0) is 16.4 Å². The summed E-state index contributed by atoms with van der Waals surface area (Å²) in [6, 6.07) is 30.1. The lowest BCUT2D eigenvalue weighted by Gasteiger charge is -2.13. The number of sulfonamides is 1. The van der Waals surface area contributed by atoms with Crippen LogP contribution in [0.5, 0.6) is 17.2 Å². The van der Waals surface area contributed by atoms with Crippen LogP contribution < -0.4 is 19.5 Å². The fraction of sp³-hybridized carbons (Fsp3) is 0.135. The molecule has 0 aliphatic rings. The second kappa shape index (κ2) is 14.7. The Morgan fingerprint density at radius 2 is 1.54 bits per heavy atom. The highest BCUT2D eigenvalue weighted by Gasteiger charge is 2.20. The third-order valence-corrected chi connectivity index (χ3v) is 8.90. The van der Waals surface area contributed by atoms with Crippen molar-refractivity contribution in [2.75, 3.05) is 23.8 Å². The number of hydrogen-bond acceptors (Lipinski definition) is 7. The van der Waals surface area contributed by atoms with Crippen molar-refractivity contribution >= 4 is 33.3 Å². The number of aromatic hydroxyl groups is 1. The number of benzene rings is 5. The molecule has 0 saturated heterocycles. The van der Waals surface area contributed by atoms with Gasteiger partial charge in [-0.25, -0.2) is 13.2 Å². The zero-order chi connectivity index (χ0) is 34.3. The van der Waals surface area contributed by atoms with E-state index in [0.29, 0.717) is 42.1 Å². The summed E-state index contributed by atoms with van der Waals surface area (Å²) in [7, 11) is -2.73. The number of carboxylic acid groups (broad SMARTS) is 1. The van der Waals surface area contributed by atoms with Crippen LogP contribution in [0.15, 0.2) is 114 Å². The van der Waals surface area contributed by atoms with Crippen LogP contribution >= 0.6 is 0 Å². The highest BCUT2D eigenvalue weighted by molar-refractivity contribution is 7.92. The summed E-state index contributed by atoms with van der Waals surface area (Å²) in [6.45, 7) is 2.31. The Morgan fingerprint density at radius 1 is 0.792 bits per heavy atom. The van der Waals surface area contributed by atoms with Gasteiger partial charge in [-0.1, -0.05) is 36.4 Å². The number of hydrogen-bond donors (Lipinski definition) is 4. The number of carbonyl (C=O) groups excluding carboxylic acids is 1. The Bertz CT molecular complexity index is 2060. The second-order valence-electron chi connectivity index (χ2n) is 11.0. The molecule has 246 valence electrons. The molecule has 0 bridgehead atoms. The first-order valence-corrected chi connectivity index (χ1v) is 16.5. The van der Waals surface area contributed by atoms with E-state index in [1.54, 1.807) is 60.7 Å². The fourth-order valence-electron chi connectivity index (χ4n) is 5.07. The van der Waals surface area contributed by atoms with Crippen LogP contribution in [0.1, 0.15) is 38.3 Å². The fourth-order valence-corrected chi connectivity index (χ4v) is 6.15. The molecule has 0 aromatic heterocycles. The van der Waals surface area contributed by atoms with Gasteiger partial charge in [0.2, 0.25) is 0 Å². The van der Waals surface area contributed by atoms with E-state index >= 15 is 0 Å². The topological polar surface area (TPSA) is 151 Å². The minimum absolute atomic E-state index is 0.0635. The number of phenols is 1. The molecule has 0 atom stereocenters.